The number of benzene rings is 4. The zero-order valence-corrected chi connectivity index (χ0v) is 18.6. The Labute approximate surface area is 197 Å². The lowest BCUT2D eigenvalue weighted by atomic mass is 10.0. The molecule has 0 saturated heterocycles. The Morgan fingerprint density at radius 1 is 0.667 bits per heavy atom. The monoisotopic (exact) mass is 455 g/mol. The van der Waals surface area contributed by atoms with Crippen molar-refractivity contribution in [1.29, 1.82) is 0 Å². The van der Waals surface area contributed by atoms with E-state index in [1.807, 2.05) is 59.5 Å². The quantitative estimate of drug-likeness (QED) is 0.344. The van der Waals surface area contributed by atoms with Gasteiger partial charge in [0.25, 0.3) is 5.91 Å². The molecule has 1 amide bonds. The van der Waals surface area contributed by atoms with Crippen molar-refractivity contribution in [3.63, 3.8) is 0 Å². The lowest BCUT2D eigenvalue weighted by Gasteiger charge is -2.23. The highest BCUT2D eigenvalue weighted by atomic mass is 35.5. The number of aromatic carboxylic acids is 1. The summed E-state index contributed by atoms with van der Waals surface area (Å²) in [5, 5.41) is 9.71. The number of hydrogen-bond donors (Lipinski definition) is 1. The van der Waals surface area contributed by atoms with E-state index in [9.17, 15) is 9.59 Å². The zero-order valence-electron chi connectivity index (χ0n) is 17.8. The Kier molecular flexibility index (Phi) is 6.86. The van der Waals surface area contributed by atoms with E-state index in [1.165, 1.54) is 0 Å². The minimum atomic E-state index is -0.951. The molecule has 0 aliphatic carbocycles. The summed E-state index contributed by atoms with van der Waals surface area (Å²) in [6.45, 7) is 0.900. The number of carbonyl (C=O) groups excluding carboxylic acids is 1. The number of hydrogen-bond acceptors (Lipinski definition) is 2. The summed E-state index contributed by atoms with van der Waals surface area (Å²) < 4.78 is 0. The van der Waals surface area contributed by atoms with E-state index < -0.39 is 5.97 Å². The molecular weight excluding hydrogens is 434 g/mol. The smallest absolute Gasteiger partial charge is 0.335 e. The van der Waals surface area contributed by atoms with Crippen molar-refractivity contribution in [3.05, 3.63) is 130 Å². The number of rotatable bonds is 7. The fourth-order valence-electron chi connectivity index (χ4n) is 3.65. The molecule has 33 heavy (non-hydrogen) atoms. The van der Waals surface area contributed by atoms with Crippen LogP contribution in [0.25, 0.3) is 11.1 Å². The molecule has 1 N–H and O–H groups in total. The van der Waals surface area contributed by atoms with Crippen LogP contribution in [-0.2, 0) is 13.1 Å². The predicted molar refractivity (Wildman–Crippen MR) is 130 cm³/mol. The van der Waals surface area contributed by atoms with E-state index in [2.05, 4.69) is 0 Å². The summed E-state index contributed by atoms with van der Waals surface area (Å²) in [5.74, 6) is -1.03. The highest BCUT2D eigenvalue weighted by Crippen LogP contribution is 2.23. The molecule has 0 atom stereocenters. The van der Waals surface area contributed by atoms with Crippen LogP contribution in [0.1, 0.15) is 31.8 Å². The van der Waals surface area contributed by atoms with Gasteiger partial charge in [0.2, 0.25) is 0 Å². The molecule has 164 valence electrons. The lowest BCUT2D eigenvalue weighted by Crippen LogP contribution is -2.30. The van der Waals surface area contributed by atoms with Gasteiger partial charge in [-0.2, -0.15) is 0 Å². The normalized spacial score (nSPS) is 10.6. The lowest BCUT2D eigenvalue weighted by molar-refractivity contribution is 0.0695. The third-order valence-corrected chi connectivity index (χ3v) is 5.61. The molecule has 0 radical (unpaired) electrons. The van der Waals surface area contributed by atoms with E-state index >= 15 is 0 Å². The van der Waals surface area contributed by atoms with Gasteiger partial charge in [-0.05, 0) is 64.7 Å². The predicted octanol–water partition coefficient (Wildman–Crippen LogP) is 6.55. The van der Waals surface area contributed by atoms with Gasteiger partial charge in [0, 0.05) is 23.7 Å². The highest BCUT2D eigenvalue weighted by Gasteiger charge is 2.17. The van der Waals surface area contributed by atoms with Crippen LogP contribution in [0.3, 0.4) is 0 Å². The topological polar surface area (TPSA) is 57.6 Å². The maximum atomic E-state index is 13.3. The van der Waals surface area contributed by atoms with Crippen LogP contribution in [0.15, 0.2) is 103 Å². The summed E-state index contributed by atoms with van der Waals surface area (Å²) in [6, 6.07) is 31.5. The standard InChI is InChI=1S/C28H22ClNO3/c29-26-15-13-23(14-16-26)27(31)30(18-20-5-2-1-3-6-20)19-21-7-4-8-25(17-21)22-9-11-24(12-10-22)28(32)33/h1-17H,18-19H2,(H,32,33). The van der Waals surface area contributed by atoms with Gasteiger partial charge in [-0.1, -0.05) is 72.3 Å². The first-order valence-electron chi connectivity index (χ1n) is 10.5. The highest BCUT2D eigenvalue weighted by molar-refractivity contribution is 6.30. The van der Waals surface area contributed by atoms with E-state index in [-0.39, 0.29) is 11.5 Å². The molecule has 0 fully saturated rings. The summed E-state index contributed by atoms with van der Waals surface area (Å²) in [6.07, 6.45) is 0. The Morgan fingerprint density at radius 2 is 1.27 bits per heavy atom. The second-order valence-electron chi connectivity index (χ2n) is 7.74. The maximum absolute atomic E-state index is 13.3. The van der Waals surface area contributed by atoms with Gasteiger partial charge in [0.1, 0.15) is 0 Å². The van der Waals surface area contributed by atoms with Crippen LogP contribution in [-0.4, -0.2) is 21.9 Å². The van der Waals surface area contributed by atoms with Crippen LogP contribution in [0.4, 0.5) is 0 Å². The SMILES string of the molecule is O=C(O)c1ccc(-c2cccc(CN(Cc3ccccc3)C(=O)c3ccc(Cl)cc3)c2)cc1. The van der Waals surface area contributed by atoms with Crippen LogP contribution in [0.2, 0.25) is 5.02 Å². The van der Waals surface area contributed by atoms with Crippen molar-refractivity contribution in [3.8, 4) is 11.1 Å². The van der Waals surface area contributed by atoms with Crippen molar-refractivity contribution in [2.24, 2.45) is 0 Å². The Morgan fingerprint density at radius 3 is 1.94 bits per heavy atom. The van der Waals surface area contributed by atoms with Gasteiger partial charge in [-0.25, -0.2) is 4.79 Å². The number of carbonyl (C=O) groups is 2. The number of amides is 1. The van der Waals surface area contributed by atoms with Crippen molar-refractivity contribution in [2.45, 2.75) is 13.1 Å². The molecule has 0 spiro atoms. The molecule has 4 aromatic carbocycles. The van der Waals surface area contributed by atoms with E-state index in [4.69, 9.17) is 16.7 Å². The molecule has 0 unspecified atom stereocenters. The second-order valence-corrected chi connectivity index (χ2v) is 8.17. The van der Waals surface area contributed by atoms with Gasteiger partial charge in [0.05, 0.1) is 5.56 Å². The molecule has 0 aliphatic rings. The first-order valence-corrected chi connectivity index (χ1v) is 10.9. The van der Waals surface area contributed by atoms with E-state index in [0.29, 0.717) is 23.7 Å². The summed E-state index contributed by atoms with van der Waals surface area (Å²) in [4.78, 5) is 26.3. The van der Waals surface area contributed by atoms with Crippen molar-refractivity contribution in [1.82, 2.24) is 4.90 Å². The van der Waals surface area contributed by atoms with Gasteiger partial charge >= 0.3 is 5.97 Å². The molecule has 4 aromatic rings. The summed E-state index contributed by atoms with van der Waals surface area (Å²) >= 11 is 6.00. The van der Waals surface area contributed by atoms with Crippen molar-refractivity contribution in [2.75, 3.05) is 0 Å². The fourth-order valence-corrected chi connectivity index (χ4v) is 3.78. The number of carboxylic acids is 1. The third-order valence-electron chi connectivity index (χ3n) is 5.36. The first-order chi connectivity index (χ1) is 16.0. The molecule has 0 bridgehead atoms. The molecular formula is C28H22ClNO3. The second kappa shape index (κ2) is 10.2. The third kappa shape index (κ3) is 5.68. The molecule has 4 rings (SSSR count). The number of halogens is 1. The maximum Gasteiger partial charge on any atom is 0.335 e. The van der Waals surface area contributed by atoms with Gasteiger partial charge < -0.3 is 10.0 Å². The minimum absolute atomic E-state index is 0.0771. The molecule has 0 heterocycles. The van der Waals surface area contributed by atoms with E-state index in [0.717, 1.165) is 22.3 Å². The Balaban J connectivity index is 1.61. The van der Waals surface area contributed by atoms with Gasteiger partial charge in [0.15, 0.2) is 0 Å². The van der Waals surface area contributed by atoms with Crippen LogP contribution >= 0.6 is 11.6 Å². The largest absolute Gasteiger partial charge is 0.478 e. The zero-order chi connectivity index (χ0) is 23.2. The minimum Gasteiger partial charge on any atom is -0.478 e. The molecule has 0 aliphatic heterocycles. The van der Waals surface area contributed by atoms with Gasteiger partial charge in [-0.3, -0.25) is 4.79 Å². The van der Waals surface area contributed by atoms with Gasteiger partial charge in [-0.15, -0.1) is 0 Å². The Bertz CT molecular complexity index is 1250. The van der Waals surface area contributed by atoms with Crippen LogP contribution in [0, 0.1) is 0 Å². The van der Waals surface area contributed by atoms with Crippen LogP contribution < -0.4 is 0 Å². The number of nitrogens with zero attached hydrogens (tertiary/aromatic N) is 1. The first kappa shape index (κ1) is 22.3. The Hall–Kier alpha value is -3.89. The fraction of sp³-hybridized carbons (Fsp3) is 0.0714. The van der Waals surface area contributed by atoms with E-state index in [1.54, 1.807) is 48.5 Å². The molecule has 4 nitrogen and oxygen atoms in total. The average Bonchev–Trinajstić information content (AvgIpc) is 2.84. The molecule has 5 heteroatoms. The average molecular weight is 456 g/mol. The van der Waals surface area contributed by atoms with Crippen molar-refractivity contribution >= 4 is 23.5 Å². The molecule has 0 saturated carbocycles. The molecule has 0 aromatic heterocycles. The summed E-state index contributed by atoms with van der Waals surface area (Å²) in [7, 11) is 0. The summed E-state index contributed by atoms with van der Waals surface area (Å²) in [5.41, 5.74) is 4.73. The van der Waals surface area contributed by atoms with Crippen LogP contribution in [0.5, 0.6) is 0 Å². The van der Waals surface area contributed by atoms with Crippen molar-refractivity contribution < 1.29 is 14.7 Å². The number of carboxylic acid groups (broad SMARTS) is 1.